The standard InChI is InChI=1S/C35H70N2O2/c1-4-6-8-10-12-13-14-15-16-17-19-21-29-37(31-27-34-25-24-28-36(3)33-34)30-22-23-32-39-35(38)26-20-18-11-9-7-5-2/h34H,4-33H2,1-3H3. The van der Waals surface area contributed by atoms with Crippen molar-refractivity contribution in [2.75, 3.05) is 46.4 Å². The molecule has 0 radical (unpaired) electrons. The van der Waals surface area contributed by atoms with Crippen molar-refractivity contribution >= 4 is 5.97 Å². The number of rotatable bonds is 28. The van der Waals surface area contributed by atoms with Gasteiger partial charge in [0.15, 0.2) is 0 Å². The van der Waals surface area contributed by atoms with Crippen LogP contribution in [0.3, 0.4) is 0 Å². The fourth-order valence-electron chi connectivity index (χ4n) is 6.13. The molecule has 0 N–H and O–H groups in total. The van der Waals surface area contributed by atoms with Gasteiger partial charge in [0.1, 0.15) is 0 Å². The average Bonchev–Trinajstić information content (AvgIpc) is 2.93. The Hall–Kier alpha value is -0.610. The zero-order chi connectivity index (χ0) is 28.2. The third-order valence-corrected chi connectivity index (χ3v) is 8.77. The molecule has 1 unspecified atom stereocenters. The van der Waals surface area contributed by atoms with E-state index in [-0.39, 0.29) is 5.97 Å². The summed E-state index contributed by atoms with van der Waals surface area (Å²) in [6.45, 7) is 11.4. The number of unbranched alkanes of at least 4 members (excludes halogenated alkanes) is 17. The van der Waals surface area contributed by atoms with Gasteiger partial charge in [-0.25, -0.2) is 0 Å². The van der Waals surface area contributed by atoms with E-state index in [1.165, 1.54) is 155 Å². The predicted octanol–water partition coefficient (Wildman–Crippen LogP) is 9.80. The van der Waals surface area contributed by atoms with Crippen molar-refractivity contribution in [1.29, 1.82) is 0 Å². The number of esters is 1. The summed E-state index contributed by atoms with van der Waals surface area (Å²) in [5.74, 6) is 0.886. The number of ether oxygens (including phenoxy) is 1. The van der Waals surface area contributed by atoms with Crippen molar-refractivity contribution in [1.82, 2.24) is 9.80 Å². The van der Waals surface area contributed by atoms with Crippen LogP contribution in [0.5, 0.6) is 0 Å². The Bertz CT molecular complexity index is 527. The van der Waals surface area contributed by atoms with Crippen molar-refractivity contribution in [2.45, 2.75) is 168 Å². The Labute approximate surface area is 245 Å². The zero-order valence-electron chi connectivity index (χ0n) is 27.0. The molecule has 39 heavy (non-hydrogen) atoms. The van der Waals surface area contributed by atoms with Crippen LogP contribution in [0.25, 0.3) is 0 Å². The Morgan fingerprint density at radius 1 is 0.692 bits per heavy atom. The number of carbonyl (C=O) groups is 1. The molecule has 0 aliphatic carbocycles. The molecule has 1 aliphatic heterocycles. The molecule has 1 heterocycles. The van der Waals surface area contributed by atoms with Gasteiger partial charge in [-0.05, 0) is 84.1 Å². The van der Waals surface area contributed by atoms with Crippen LogP contribution in [0.2, 0.25) is 0 Å². The van der Waals surface area contributed by atoms with Crippen molar-refractivity contribution in [3.05, 3.63) is 0 Å². The topological polar surface area (TPSA) is 32.8 Å². The minimum Gasteiger partial charge on any atom is -0.466 e. The van der Waals surface area contributed by atoms with Crippen LogP contribution in [0.15, 0.2) is 0 Å². The molecule has 4 nitrogen and oxygen atoms in total. The maximum Gasteiger partial charge on any atom is 0.305 e. The van der Waals surface area contributed by atoms with Crippen LogP contribution in [-0.4, -0.2) is 62.1 Å². The highest BCUT2D eigenvalue weighted by Gasteiger charge is 2.18. The second kappa shape index (κ2) is 27.6. The van der Waals surface area contributed by atoms with Gasteiger partial charge in [-0.15, -0.1) is 0 Å². The lowest BCUT2D eigenvalue weighted by Crippen LogP contribution is -2.35. The first-order valence-corrected chi connectivity index (χ1v) is 17.7. The molecule has 0 spiro atoms. The van der Waals surface area contributed by atoms with E-state index in [4.69, 9.17) is 4.74 Å². The SMILES string of the molecule is CCCCCCCCCCCCCCN(CCCCOC(=O)CCCCCCCC)CCC1CCCN(C)C1. The fourth-order valence-corrected chi connectivity index (χ4v) is 6.13. The van der Waals surface area contributed by atoms with Crippen LogP contribution in [-0.2, 0) is 9.53 Å². The largest absolute Gasteiger partial charge is 0.466 e. The highest BCUT2D eigenvalue weighted by molar-refractivity contribution is 5.69. The second-order valence-electron chi connectivity index (χ2n) is 12.7. The second-order valence-corrected chi connectivity index (χ2v) is 12.7. The molecule has 1 aliphatic rings. The zero-order valence-corrected chi connectivity index (χ0v) is 27.0. The highest BCUT2D eigenvalue weighted by Crippen LogP contribution is 2.19. The summed E-state index contributed by atoms with van der Waals surface area (Å²) in [5.41, 5.74) is 0. The maximum absolute atomic E-state index is 12.0. The van der Waals surface area contributed by atoms with Gasteiger partial charge >= 0.3 is 5.97 Å². The van der Waals surface area contributed by atoms with Crippen LogP contribution in [0, 0.1) is 5.92 Å². The van der Waals surface area contributed by atoms with Gasteiger partial charge in [-0.3, -0.25) is 4.79 Å². The maximum atomic E-state index is 12.0. The third-order valence-electron chi connectivity index (χ3n) is 8.77. The molecular weight excluding hydrogens is 480 g/mol. The molecule has 232 valence electrons. The molecule has 0 saturated carbocycles. The van der Waals surface area contributed by atoms with E-state index in [1.807, 2.05) is 0 Å². The van der Waals surface area contributed by atoms with Crippen molar-refractivity contribution < 1.29 is 9.53 Å². The van der Waals surface area contributed by atoms with Gasteiger partial charge in [0.2, 0.25) is 0 Å². The number of piperidine rings is 1. The number of hydrogen-bond donors (Lipinski definition) is 0. The fraction of sp³-hybridized carbons (Fsp3) is 0.971. The van der Waals surface area contributed by atoms with E-state index in [9.17, 15) is 4.79 Å². The Morgan fingerprint density at radius 3 is 1.77 bits per heavy atom. The summed E-state index contributed by atoms with van der Waals surface area (Å²) < 4.78 is 5.53. The first kappa shape index (κ1) is 36.4. The van der Waals surface area contributed by atoms with Gasteiger partial charge in [0.25, 0.3) is 0 Å². The summed E-state index contributed by atoms with van der Waals surface area (Å²) in [6.07, 6.45) is 31.2. The lowest BCUT2D eigenvalue weighted by atomic mass is 9.95. The molecule has 1 atom stereocenters. The molecule has 0 aromatic carbocycles. The summed E-state index contributed by atoms with van der Waals surface area (Å²) in [6, 6.07) is 0. The molecule has 1 fully saturated rings. The Kier molecular flexibility index (Phi) is 25.7. The Balaban J connectivity index is 2.15. The van der Waals surface area contributed by atoms with Crippen molar-refractivity contribution in [2.24, 2.45) is 5.92 Å². The van der Waals surface area contributed by atoms with Crippen LogP contribution in [0.4, 0.5) is 0 Å². The monoisotopic (exact) mass is 551 g/mol. The molecule has 1 rings (SSSR count). The molecule has 1 saturated heterocycles. The summed E-state index contributed by atoms with van der Waals surface area (Å²) >= 11 is 0. The third kappa shape index (κ3) is 23.8. The van der Waals surface area contributed by atoms with Crippen molar-refractivity contribution in [3.8, 4) is 0 Å². The number of carbonyl (C=O) groups excluding carboxylic acids is 1. The van der Waals surface area contributed by atoms with Crippen LogP contribution in [0.1, 0.15) is 168 Å². The van der Waals surface area contributed by atoms with Gasteiger partial charge < -0.3 is 14.5 Å². The van der Waals surface area contributed by atoms with Gasteiger partial charge in [-0.2, -0.15) is 0 Å². The van der Waals surface area contributed by atoms with Crippen LogP contribution >= 0.6 is 0 Å². The van der Waals surface area contributed by atoms with Crippen LogP contribution < -0.4 is 0 Å². The predicted molar refractivity (Wildman–Crippen MR) is 171 cm³/mol. The molecule has 4 heteroatoms. The summed E-state index contributed by atoms with van der Waals surface area (Å²) in [4.78, 5) is 17.3. The normalized spacial score (nSPS) is 16.3. The Morgan fingerprint density at radius 2 is 1.21 bits per heavy atom. The van der Waals surface area contributed by atoms with E-state index >= 15 is 0 Å². The first-order chi connectivity index (χ1) is 19.2. The van der Waals surface area contributed by atoms with Gasteiger partial charge in [0.05, 0.1) is 6.61 Å². The summed E-state index contributed by atoms with van der Waals surface area (Å²) in [7, 11) is 2.28. The number of nitrogens with zero attached hydrogens (tertiary/aromatic N) is 2. The van der Waals surface area contributed by atoms with Gasteiger partial charge in [0, 0.05) is 13.0 Å². The number of hydrogen-bond acceptors (Lipinski definition) is 4. The van der Waals surface area contributed by atoms with E-state index < -0.39 is 0 Å². The van der Waals surface area contributed by atoms with E-state index in [0.717, 1.165) is 31.7 Å². The molecule has 0 bridgehead atoms. The molecular formula is C35H70N2O2. The van der Waals surface area contributed by atoms with E-state index in [1.54, 1.807) is 0 Å². The lowest BCUT2D eigenvalue weighted by molar-refractivity contribution is -0.143. The molecule has 0 aromatic rings. The average molecular weight is 551 g/mol. The lowest BCUT2D eigenvalue weighted by Gasteiger charge is -2.31. The molecule has 0 amide bonds. The number of likely N-dealkylation sites (tertiary alicyclic amines) is 1. The van der Waals surface area contributed by atoms with E-state index in [0.29, 0.717) is 13.0 Å². The quantitative estimate of drug-likeness (QED) is 0.0717. The van der Waals surface area contributed by atoms with Gasteiger partial charge in [-0.1, -0.05) is 117 Å². The highest BCUT2D eigenvalue weighted by atomic mass is 16.5. The smallest absolute Gasteiger partial charge is 0.305 e. The summed E-state index contributed by atoms with van der Waals surface area (Å²) in [5, 5.41) is 0. The van der Waals surface area contributed by atoms with Crippen molar-refractivity contribution in [3.63, 3.8) is 0 Å². The minimum atomic E-state index is 0.0141. The minimum absolute atomic E-state index is 0.0141. The molecule has 0 aromatic heterocycles. The van der Waals surface area contributed by atoms with E-state index in [2.05, 4.69) is 30.7 Å². The first-order valence-electron chi connectivity index (χ1n) is 17.7.